The van der Waals surface area contributed by atoms with Gasteiger partial charge >= 0.3 is 6.09 Å². The predicted octanol–water partition coefficient (Wildman–Crippen LogP) is 6.97. The highest BCUT2D eigenvalue weighted by Crippen LogP contribution is 2.34. The summed E-state index contributed by atoms with van der Waals surface area (Å²) in [4.78, 5) is 43.0. The summed E-state index contributed by atoms with van der Waals surface area (Å²) >= 11 is 0. The zero-order valence-corrected chi connectivity index (χ0v) is 26.2. The van der Waals surface area contributed by atoms with Crippen molar-refractivity contribution in [3.8, 4) is 5.75 Å². The lowest BCUT2D eigenvalue weighted by Gasteiger charge is -2.39. The van der Waals surface area contributed by atoms with Gasteiger partial charge in [0.1, 0.15) is 23.4 Å². The fourth-order valence-electron chi connectivity index (χ4n) is 4.69. The summed E-state index contributed by atoms with van der Waals surface area (Å²) in [5.41, 5.74) is 1.05. The summed E-state index contributed by atoms with van der Waals surface area (Å²) in [7, 11) is 0. The van der Waals surface area contributed by atoms with E-state index in [0.717, 1.165) is 12.0 Å². The molecule has 0 saturated carbocycles. The number of phenolic OH excluding ortho intramolecular Hbond substituents is 1. The number of carbonyl (C=O) groups excluding carboxylic acids is 3. The number of nitrogens with one attached hydrogen (secondary N) is 2. The lowest BCUT2D eigenvalue weighted by atomic mass is 9.95. The topological polar surface area (TPSA) is 108 Å². The minimum absolute atomic E-state index is 0.0658. The molecule has 3 atom stereocenters. The zero-order valence-electron chi connectivity index (χ0n) is 26.2. The number of hydrogen-bond acceptors (Lipinski definition) is 5. The van der Waals surface area contributed by atoms with E-state index in [2.05, 4.69) is 24.5 Å². The number of nitrogens with zero attached hydrogens (tertiary/aromatic N) is 1. The average Bonchev–Trinajstić information content (AvgIpc) is 2.85. The summed E-state index contributed by atoms with van der Waals surface area (Å²) in [6.45, 7) is 17.2. The lowest BCUT2D eigenvalue weighted by Crippen LogP contribution is -2.55. The van der Waals surface area contributed by atoms with Crippen LogP contribution in [0, 0.1) is 18.8 Å². The quantitative estimate of drug-likeness (QED) is 0.257. The molecule has 2 aromatic carbocycles. The van der Waals surface area contributed by atoms with Crippen molar-refractivity contribution in [2.75, 3.05) is 5.32 Å². The Balaban J connectivity index is 2.65. The van der Waals surface area contributed by atoms with Crippen LogP contribution < -0.4 is 10.6 Å². The van der Waals surface area contributed by atoms with Crippen LogP contribution in [0.1, 0.15) is 91.8 Å². The lowest BCUT2D eigenvalue weighted by molar-refractivity contribution is -0.144. The van der Waals surface area contributed by atoms with Crippen LogP contribution in [0.5, 0.6) is 5.75 Å². The van der Waals surface area contributed by atoms with E-state index in [4.69, 9.17) is 4.74 Å². The smallest absolute Gasteiger partial charge is 0.408 e. The summed E-state index contributed by atoms with van der Waals surface area (Å²) in [6, 6.07) is 11.5. The number of para-hydroxylation sites is 2. The number of alkyl carbamates (subject to hydrolysis) is 1. The summed E-state index contributed by atoms with van der Waals surface area (Å²) in [5.74, 6) is -0.506. The average molecular weight is 568 g/mol. The van der Waals surface area contributed by atoms with Gasteiger partial charge in [-0.1, -0.05) is 64.1 Å². The zero-order chi connectivity index (χ0) is 30.9. The van der Waals surface area contributed by atoms with Crippen LogP contribution >= 0.6 is 0 Å². The highest BCUT2D eigenvalue weighted by Gasteiger charge is 2.40. The molecule has 0 aromatic heterocycles. The molecule has 0 aliphatic rings. The highest BCUT2D eigenvalue weighted by molar-refractivity contribution is 5.99. The Labute approximate surface area is 245 Å². The van der Waals surface area contributed by atoms with E-state index in [1.165, 1.54) is 11.0 Å². The number of ether oxygens (including phenoxy) is 1. The Kier molecular flexibility index (Phi) is 12.2. The molecule has 2 aromatic rings. The first kappa shape index (κ1) is 33.7. The summed E-state index contributed by atoms with van der Waals surface area (Å²) < 4.78 is 5.48. The Morgan fingerprint density at radius 1 is 0.902 bits per heavy atom. The fourth-order valence-corrected chi connectivity index (χ4v) is 4.69. The second-order valence-corrected chi connectivity index (χ2v) is 12.7. The standard InChI is InChI=1S/C33H49N3O5/c1-21(2)18-19-24(6)36(31(39)27(20-22(3)4)35-32(40)41-33(7,8)9)29(25-15-11-13-17-28(25)37)30(38)34-26-16-12-10-14-23(26)5/h10-17,21-22,24,27,29,37H,18-20H2,1-9H3,(H,34,38)(H,35,40). The van der Waals surface area contributed by atoms with Gasteiger partial charge in [-0.25, -0.2) is 4.79 Å². The third-order valence-corrected chi connectivity index (χ3v) is 6.75. The number of aromatic hydroxyl groups is 1. The molecule has 8 heteroatoms. The second kappa shape index (κ2) is 14.9. The summed E-state index contributed by atoms with van der Waals surface area (Å²) in [5, 5.41) is 16.7. The van der Waals surface area contributed by atoms with Gasteiger partial charge in [0.05, 0.1) is 0 Å². The van der Waals surface area contributed by atoms with E-state index in [-0.39, 0.29) is 17.7 Å². The molecule has 0 saturated heterocycles. The molecule has 2 rings (SSSR count). The Hall–Kier alpha value is -3.55. The molecule has 0 radical (unpaired) electrons. The van der Waals surface area contributed by atoms with Gasteiger partial charge in [0, 0.05) is 17.3 Å². The Morgan fingerprint density at radius 2 is 1.51 bits per heavy atom. The molecule has 3 N–H and O–H groups in total. The fraction of sp³-hybridized carbons (Fsp3) is 0.545. The van der Waals surface area contributed by atoms with E-state index < -0.39 is 35.6 Å². The van der Waals surface area contributed by atoms with Crippen LogP contribution in [0.25, 0.3) is 0 Å². The van der Waals surface area contributed by atoms with Crippen LogP contribution in [-0.4, -0.2) is 45.6 Å². The SMILES string of the molecule is Cc1ccccc1NC(=O)C(c1ccccc1O)N(C(=O)C(CC(C)C)NC(=O)OC(C)(C)C)C(C)CCC(C)C. The molecule has 0 spiro atoms. The predicted molar refractivity (Wildman–Crippen MR) is 164 cm³/mol. The number of aryl methyl sites for hydroxylation is 1. The third-order valence-electron chi connectivity index (χ3n) is 6.75. The molecule has 0 aliphatic carbocycles. The van der Waals surface area contributed by atoms with Gasteiger partial charge in [0.2, 0.25) is 5.91 Å². The van der Waals surface area contributed by atoms with Gasteiger partial charge < -0.3 is 25.4 Å². The van der Waals surface area contributed by atoms with Gasteiger partial charge in [-0.05, 0) is 83.4 Å². The first-order valence-electron chi connectivity index (χ1n) is 14.6. The molecule has 8 nitrogen and oxygen atoms in total. The molecule has 0 fully saturated rings. The number of hydrogen-bond donors (Lipinski definition) is 3. The molecule has 0 heterocycles. The van der Waals surface area contributed by atoms with E-state index in [1.54, 1.807) is 45.0 Å². The molecule has 0 aliphatic heterocycles. The van der Waals surface area contributed by atoms with Crippen molar-refractivity contribution in [3.63, 3.8) is 0 Å². The minimum Gasteiger partial charge on any atom is -0.508 e. The third kappa shape index (κ3) is 10.4. The van der Waals surface area contributed by atoms with E-state index in [0.29, 0.717) is 30.0 Å². The van der Waals surface area contributed by atoms with E-state index in [1.807, 2.05) is 45.9 Å². The first-order valence-corrected chi connectivity index (χ1v) is 14.6. The minimum atomic E-state index is -1.15. The van der Waals surface area contributed by atoms with Crippen molar-refractivity contribution < 1.29 is 24.2 Å². The van der Waals surface area contributed by atoms with Crippen LogP contribution in [0.4, 0.5) is 10.5 Å². The van der Waals surface area contributed by atoms with Crippen molar-refractivity contribution in [2.45, 2.75) is 105 Å². The second-order valence-electron chi connectivity index (χ2n) is 12.7. The Morgan fingerprint density at radius 3 is 2.07 bits per heavy atom. The van der Waals surface area contributed by atoms with E-state index in [9.17, 15) is 19.5 Å². The van der Waals surface area contributed by atoms with E-state index >= 15 is 0 Å². The van der Waals surface area contributed by atoms with Crippen LogP contribution in [0.2, 0.25) is 0 Å². The van der Waals surface area contributed by atoms with Gasteiger partial charge in [-0.2, -0.15) is 0 Å². The van der Waals surface area contributed by atoms with Crippen molar-refractivity contribution in [2.24, 2.45) is 11.8 Å². The normalized spacial score (nSPS) is 13.8. The van der Waals surface area contributed by atoms with Crippen LogP contribution in [0.3, 0.4) is 0 Å². The number of rotatable bonds is 12. The largest absolute Gasteiger partial charge is 0.508 e. The summed E-state index contributed by atoms with van der Waals surface area (Å²) in [6.07, 6.45) is 1.10. The molecule has 226 valence electrons. The molecule has 41 heavy (non-hydrogen) atoms. The maximum atomic E-state index is 14.5. The maximum absolute atomic E-state index is 14.5. The number of anilines is 1. The van der Waals surface area contributed by atoms with Gasteiger partial charge in [0.15, 0.2) is 0 Å². The van der Waals surface area contributed by atoms with Crippen molar-refractivity contribution in [1.82, 2.24) is 10.2 Å². The van der Waals surface area contributed by atoms with Crippen molar-refractivity contribution in [1.29, 1.82) is 0 Å². The molecule has 0 bridgehead atoms. The molecular weight excluding hydrogens is 518 g/mol. The van der Waals surface area contributed by atoms with Crippen molar-refractivity contribution in [3.05, 3.63) is 59.7 Å². The molecule has 3 amide bonds. The van der Waals surface area contributed by atoms with Crippen molar-refractivity contribution >= 4 is 23.6 Å². The first-order chi connectivity index (χ1) is 19.1. The molecule has 3 unspecified atom stereocenters. The monoisotopic (exact) mass is 567 g/mol. The molecular formula is C33H49N3O5. The highest BCUT2D eigenvalue weighted by atomic mass is 16.6. The number of benzene rings is 2. The van der Waals surface area contributed by atoms with Crippen LogP contribution in [-0.2, 0) is 14.3 Å². The number of carbonyl (C=O) groups is 3. The van der Waals surface area contributed by atoms with Gasteiger partial charge in [-0.3, -0.25) is 9.59 Å². The maximum Gasteiger partial charge on any atom is 0.408 e. The van der Waals surface area contributed by atoms with Gasteiger partial charge in [0.25, 0.3) is 5.91 Å². The van der Waals surface area contributed by atoms with Gasteiger partial charge in [-0.15, -0.1) is 0 Å². The van der Waals surface area contributed by atoms with Crippen LogP contribution in [0.15, 0.2) is 48.5 Å². The number of phenols is 1. The number of amides is 3. The Bertz CT molecular complexity index is 1170.